The molecule has 0 spiro atoms. The Morgan fingerprint density at radius 2 is 1.66 bits per heavy atom. The van der Waals surface area contributed by atoms with Crippen LogP contribution in [0.1, 0.15) is 53.2 Å². The molecule has 1 aliphatic rings. The first-order valence-electron chi connectivity index (χ1n) is 11.7. The van der Waals surface area contributed by atoms with Crippen LogP contribution in [0.2, 0.25) is 0 Å². The van der Waals surface area contributed by atoms with Crippen LogP contribution in [0.15, 0.2) is 71.5 Å². The number of aliphatic carboxylic acids is 1. The van der Waals surface area contributed by atoms with Crippen LogP contribution in [-0.4, -0.2) is 33.5 Å². The minimum absolute atomic E-state index is 0.00276. The number of benzene rings is 2. The summed E-state index contributed by atoms with van der Waals surface area (Å²) in [4.78, 5) is 37.4. The molecule has 3 aromatic rings. The summed E-state index contributed by atoms with van der Waals surface area (Å²) < 4.78 is 14.7. The Morgan fingerprint density at radius 1 is 1.00 bits per heavy atom. The molecule has 0 saturated heterocycles. The lowest BCUT2D eigenvalue weighted by atomic mass is 9.89. The van der Waals surface area contributed by atoms with Crippen molar-refractivity contribution in [2.24, 2.45) is 0 Å². The van der Waals surface area contributed by atoms with Crippen LogP contribution in [-0.2, 0) is 11.2 Å². The van der Waals surface area contributed by atoms with Gasteiger partial charge in [-0.05, 0) is 68.0 Å². The second-order valence-electron chi connectivity index (χ2n) is 8.93. The van der Waals surface area contributed by atoms with E-state index in [1.165, 1.54) is 41.0 Å². The molecule has 1 atom stereocenters. The predicted molar refractivity (Wildman–Crippen MR) is 131 cm³/mol. The number of aromatic nitrogens is 1. The first kappa shape index (κ1) is 24.3. The van der Waals surface area contributed by atoms with Gasteiger partial charge in [0.15, 0.2) is 5.78 Å². The van der Waals surface area contributed by atoms with E-state index in [2.05, 4.69) is 5.32 Å². The van der Waals surface area contributed by atoms with Crippen LogP contribution in [0.5, 0.6) is 0 Å². The van der Waals surface area contributed by atoms with Crippen molar-refractivity contribution < 1.29 is 19.1 Å². The summed E-state index contributed by atoms with van der Waals surface area (Å²) in [5, 5.41) is 12.9. The van der Waals surface area contributed by atoms with E-state index in [-0.39, 0.29) is 40.4 Å². The molecular formula is C27H28FN3O4. The van der Waals surface area contributed by atoms with E-state index >= 15 is 0 Å². The van der Waals surface area contributed by atoms with Gasteiger partial charge in [0.05, 0.1) is 5.56 Å². The Bertz CT molecular complexity index is 1250. The van der Waals surface area contributed by atoms with Gasteiger partial charge in [-0.1, -0.05) is 30.3 Å². The van der Waals surface area contributed by atoms with Crippen molar-refractivity contribution in [1.29, 1.82) is 0 Å². The molecule has 1 heterocycles. The van der Waals surface area contributed by atoms with E-state index in [1.54, 1.807) is 0 Å². The molecule has 7 nitrogen and oxygen atoms in total. The highest BCUT2D eigenvalue weighted by Gasteiger charge is 2.29. The monoisotopic (exact) mass is 477 g/mol. The maximum absolute atomic E-state index is 13.2. The molecule has 1 saturated carbocycles. The number of halogens is 1. The van der Waals surface area contributed by atoms with Crippen LogP contribution in [0.3, 0.4) is 0 Å². The van der Waals surface area contributed by atoms with Gasteiger partial charge in [0.2, 0.25) is 0 Å². The molecule has 1 unspecified atom stereocenters. The minimum Gasteiger partial charge on any atom is -0.480 e. The topological polar surface area (TPSA) is 114 Å². The first-order valence-corrected chi connectivity index (χ1v) is 11.7. The third-order valence-electron chi connectivity index (χ3n) is 6.60. The van der Waals surface area contributed by atoms with Crippen molar-refractivity contribution in [3.05, 3.63) is 99.6 Å². The smallest absolute Gasteiger partial charge is 0.321 e. The highest BCUT2D eigenvalue weighted by atomic mass is 19.1. The predicted octanol–water partition coefficient (Wildman–Crippen LogP) is 3.57. The van der Waals surface area contributed by atoms with Crippen molar-refractivity contribution in [3.63, 3.8) is 0 Å². The number of nitrogens with two attached hydrogens (primary N) is 1. The molecule has 35 heavy (non-hydrogen) atoms. The second-order valence-corrected chi connectivity index (χ2v) is 8.93. The third-order valence-corrected chi connectivity index (χ3v) is 6.60. The van der Waals surface area contributed by atoms with E-state index in [9.17, 15) is 23.9 Å². The number of nitrogens with one attached hydrogen (secondary N) is 1. The molecule has 1 fully saturated rings. The third kappa shape index (κ3) is 5.66. The van der Waals surface area contributed by atoms with Crippen molar-refractivity contribution >= 4 is 17.6 Å². The van der Waals surface area contributed by atoms with Gasteiger partial charge in [0.1, 0.15) is 17.7 Å². The Kier molecular flexibility index (Phi) is 7.41. The lowest BCUT2D eigenvalue weighted by Gasteiger charge is -2.33. The fourth-order valence-corrected chi connectivity index (χ4v) is 4.75. The molecule has 0 aliphatic heterocycles. The van der Waals surface area contributed by atoms with Gasteiger partial charge >= 0.3 is 5.97 Å². The molecule has 8 heteroatoms. The number of anilines is 1. The number of nitrogens with zero attached hydrogens (tertiary/aromatic N) is 1. The number of nitrogen functional groups attached to an aromatic ring is 1. The van der Waals surface area contributed by atoms with Crippen LogP contribution in [0.4, 0.5) is 10.2 Å². The van der Waals surface area contributed by atoms with Crippen LogP contribution in [0, 0.1) is 5.82 Å². The molecule has 0 radical (unpaired) electrons. The Labute approximate surface area is 202 Å². The van der Waals surface area contributed by atoms with E-state index in [1.807, 2.05) is 30.3 Å². The Balaban J connectivity index is 1.45. The summed E-state index contributed by atoms with van der Waals surface area (Å²) in [5.41, 5.74) is 7.44. The zero-order valence-corrected chi connectivity index (χ0v) is 19.2. The fourth-order valence-electron chi connectivity index (χ4n) is 4.75. The minimum atomic E-state index is -0.900. The summed E-state index contributed by atoms with van der Waals surface area (Å²) in [6.45, 7) is 0. The summed E-state index contributed by atoms with van der Waals surface area (Å²) in [5.74, 6) is -1.63. The number of carboxylic acids is 1. The van der Waals surface area contributed by atoms with Gasteiger partial charge in [-0.15, -0.1) is 0 Å². The summed E-state index contributed by atoms with van der Waals surface area (Å²) in [7, 11) is 0. The maximum Gasteiger partial charge on any atom is 0.321 e. The van der Waals surface area contributed by atoms with E-state index < -0.39 is 17.8 Å². The number of rotatable bonds is 8. The number of ketones is 1. The summed E-state index contributed by atoms with van der Waals surface area (Å²) in [6.07, 6.45) is 2.97. The first-order chi connectivity index (χ1) is 16.8. The van der Waals surface area contributed by atoms with Gasteiger partial charge in [-0.2, -0.15) is 0 Å². The van der Waals surface area contributed by atoms with Crippen molar-refractivity contribution in [2.45, 2.75) is 50.2 Å². The fraction of sp³-hybridized carbons (Fsp3) is 0.296. The number of carboxylic acid groups (broad SMARTS) is 1. The van der Waals surface area contributed by atoms with Gasteiger partial charge < -0.3 is 16.2 Å². The van der Waals surface area contributed by atoms with E-state index in [0.717, 1.165) is 5.56 Å². The Morgan fingerprint density at radius 3 is 2.29 bits per heavy atom. The molecule has 2 aromatic carbocycles. The van der Waals surface area contributed by atoms with Gasteiger partial charge in [0, 0.05) is 23.7 Å². The number of hydrogen-bond donors (Lipinski definition) is 3. The average molecular weight is 478 g/mol. The van der Waals surface area contributed by atoms with Crippen LogP contribution in [0.25, 0.3) is 0 Å². The van der Waals surface area contributed by atoms with Crippen molar-refractivity contribution in [1.82, 2.24) is 9.88 Å². The molecule has 4 N–H and O–H groups in total. The summed E-state index contributed by atoms with van der Waals surface area (Å²) >= 11 is 0. The number of pyridine rings is 1. The molecule has 0 bridgehead atoms. The molecular weight excluding hydrogens is 449 g/mol. The molecule has 1 aliphatic carbocycles. The number of carbonyl (C=O) groups excluding carboxylic acids is 1. The number of hydrogen-bond acceptors (Lipinski definition) is 5. The second kappa shape index (κ2) is 10.7. The van der Waals surface area contributed by atoms with Gasteiger partial charge in [0.25, 0.3) is 5.56 Å². The van der Waals surface area contributed by atoms with E-state index in [4.69, 9.17) is 5.73 Å². The van der Waals surface area contributed by atoms with E-state index in [0.29, 0.717) is 32.1 Å². The lowest BCUT2D eigenvalue weighted by molar-refractivity contribution is -0.139. The highest BCUT2D eigenvalue weighted by molar-refractivity contribution is 6.11. The molecule has 0 amide bonds. The van der Waals surface area contributed by atoms with Gasteiger partial charge in [-0.3, -0.25) is 19.0 Å². The SMILES string of the molecule is Nc1c(C(=O)c2ccc(F)cc2)ccc(=O)n1C1CCC(NC(Cc2ccccc2)C(=O)O)CC1. The maximum atomic E-state index is 13.2. The van der Waals surface area contributed by atoms with Gasteiger partial charge in [-0.25, -0.2) is 4.39 Å². The highest BCUT2D eigenvalue weighted by Crippen LogP contribution is 2.31. The van der Waals surface area contributed by atoms with Crippen LogP contribution < -0.4 is 16.6 Å². The Hall–Kier alpha value is -3.78. The molecule has 4 rings (SSSR count). The molecule has 182 valence electrons. The quantitative estimate of drug-likeness (QED) is 0.428. The summed E-state index contributed by atoms with van der Waals surface area (Å²) in [6, 6.07) is 16.5. The normalized spacial score (nSPS) is 18.7. The largest absolute Gasteiger partial charge is 0.480 e. The van der Waals surface area contributed by atoms with Crippen LogP contribution >= 0.6 is 0 Å². The number of carbonyl (C=O) groups is 2. The molecule has 1 aromatic heterocycles. The lowest BCUT2D eigenvalue weighted by Crippen LogP contribution is -2.46. The zero-order valence-electron chi connectivity index (χ0n) is 19.2. The standard InChI is InChI=1S/C27H28FN3O4/c28-19-8-6-18(7-9-19)25(33)22-14-15-24(32)31(26(22)29)21-12-10-20(11-13-21)30-23(27(34)35)16-17-4-2-1-3-5-17/h1-9,14-15,20-21,23,30H,10-13,16,29H2,(H,34,35). The van der Waals surface area contributed by atoms with Crippen molar-refractivity contribution in [3.8, 4) is 0 Å². The zero-order chi connectivity index (χ0) is 24.9. The average Bonchev–Trinajstić information content (AvgIpc) is 2.85. The van der Waals surface area contributed by atoms with Crippen molar-refractivity contribution in [2.75, 3.05) is 5.73 Å².